The molecule has 1 aromatic rings. The predicted molar refractivity (Wildman–Crippen MR) is 51.7 cm³/mol. The predicted octanol–water partition coefficient (Wildman–Crippen LogP) is 1.54. The average molecular weight is 183 g/mol. The van der Waals surface area contributed by atoms with Gasteiger partial charge in [-0.3, -0.25) is 0 Å². The minimum atomic E-state index is 0.690. The lowest BCUT2D eigenvalue weighted by Gasteiger charge is -2.04. The van der Waals surface area contributed by atoms with Gasteiger partial charge in [0, 0.05) is 25.5 Å². The summed E-state index contributed by atoms with van der Waals surface area (Å²) in [5.41, 5.74) is 0. The number of rotatable bonds is 7. The van der Waals surface area contributed by atoms with Crippen molar-refractivity contribution in [1.82, 2.24) is 4.57 Å². The third kappa shape index (κ3) is 4.70. The summed E-state index contributed by atoms with van der Waals surface area (Å²) in [5.74, 6) is 0. The Morgan fingerprint density at radius 3 is 2.38 bits per heavy atom. The lowest BCUT2D eigenvalue weighted by atomic mass is 10.6. The first-order chi connectivity index (χ1) is 6.43. The van der Waals surface area contributed by atoms with Crippen LogP contribution in [0.15, 0.2) is 24.5 Å². The molecule has 0 aliphatic heterocycles. The van der Waals surface area contributed by atoms with Gasteiger partial charge in [0.2, 0.25) is 0 Å². The zero-order chi connectivity index (χ0) is 9.36. The van der Waals surface area contributed by atoms with Gasteiger partial charge in [-0.25, -0.2) is 0 Å². The number of nitrogens with zero attached hydrogens (tertiary/aromatic N) is 1. The van der Waals surface area contributed by atoms with Crippen molar-refractivity contribution in [2.75, 3.05) is 26.4 Å². The van der Waals surface area contributed by atoms with Crippen molar-refractivity contribution < 1.29 is 9.47 Å². The van der Waals surface area contributed by atoms with Crippen LogP contribution in [0.2, 0.25) is 0 Å². The fraction of sp³-hybridized carbons (Fsp3) is 0.600. The smallest absolute Gasteiger partial charge is 0.0701 e. The third-order valence-electron chi connectivity index (χ3n) is 1.74. The van der Waals surface area contributed by atoms with E-state index in [1.807, 2.05) is 31.5 Å². The van der Waals surface area contributed by atoms with Crippen LogP contribution in [0.5, 0.6) is 0 Å². The second kappa shape index (κ2) is 6.69. The van der Waals surface area contributed by atoms with Gasteiger partial charge in [0.05, 0.1) is 19.8 Å². The molecule has 1 heterocycles. The van der Waals surface area contributed by atoms with Crippen molar-refractivity contribution in [3.05, 3.63) is 24.5 Å². The molecular formula is C10H17NO2. The molecule has 1 aromatic heterocycles. The lowest BCUT2D eigenvalue weighted by Crippen LogP contribution is -2.08. The molecule has 0 spiro atoms. The molecule has 1 rings (SSSR count). The normalized spacial score (nSPS) is 10.5. The Morgan fingerprint density at radius 1 is 1.00 bits per heavy atom. The van der Waals surface area contributed by atoms with Crippen LogP contribution in [0.25, 0.3) is 0 Å². The molecule has 3 heteroatoms. The van der Waals surface area contributed by atoms with Gasteiger partial charge in [-0.05, 0) is 19.1 Å². The van der Waals surface area contributed by atoms with Gasteiger partial charge in [0.15, 0.2) is 0 Å². The van der Waals surface area contributed by atoms with Crippen molar-refractivity contribution >= 4 is 0 Å². The zero-order valence-electron chi connectivity index (χ0n) is 8.11. The largest absolute Gasteiger partial charge is 0.379 e. The minimum Gasteiger partial charge on any atom is -0.379 e. The Kier molecular flexibility index (Phi) is 5.29. The summed E-state index contributed by atoms with van der Waals surface area (Å²) in [6, 6.07) is 4.03. The number of ether oxygens (including phenoxy) is 2. The highest BCUT2D eigenvalue weighted by atomic mass is 16.5. The second-order valence-corrected chi connectivity index (χ2v) is 2.73. The summed E-state index contributed by atoms with van der Waals surface area (Å²) < 4.78 is 12.6. The van der Waals surface area contributed by atoms with Gasteiger partial charge < -0.3 is 14.0 Å². The van der Waals surface area contributed by atoms with Crippen molar-refractivity contribution in [2.24, 2.45) is 0 Å². The number of aromatic nitrogens is 1. The van der Waals surface area contributed by atoms with E-state index in [2.05, 4.69) is 4.57 Å². The third-order valence-corrected chi connectivity index (χ3v) is 1.74. The zero-order valence-corrected chi connectivity index (χ0v) is 8.11. The number of hydrogen-bond donors (Lipinski definition) is 0. The molecule has 0 saturated heterocycles. The van der Waals surface area contributed by atoms with Crippen LogP contribution in [0.3, 0.4) is 0 Å². The van der Waals surface area contributed by atoms with Crippen LogP contribution in [-0.2, 0) is 16.0 Å². The first-order valence-electron chi connectivity index (χ1n) is 4.69. The van der Waals surface area contributed by atoms with Gasteiger partial charge in [-0.2, -0.15) is 0 Å². The van der Waals surface area contributed by atoms with E-state index >= 15 is 0 Å². The first-order valence-corrected chi connectivity index (χ1v) is 4.69. The quantitative estimate of drug-likeness (QED) is 0.599. The molecule has 0 aromatic carbocycles. The molecule has 0 N–H and O–H groups in total. The fourth-order valence-corrected chi connectivity index (χ4v) is 1.05. The Hall–Kier alpha value is -0.800. The van der Waals surface area contributed by atoms with E-state index in [1.165, 1.54) is 0 Å². The van der Waals surface area contributed by atoms with Crippen LogP contribution in [0.4, 0.5) is 0 Å². The summed E-state index contributed by atoms with van der Waals surface area (Å²) in [6.45, 7) is 5.80. The summed E-state index contributed by atoms with van der Waals surface area (Å²) in [5, 5.41) is 0. The molecule has 0 radical (unpaired) electrons. The van der Waals surface area contributed by atoms with Crippen LogP contribution in [-0.4, -0.2) is 31.0 Å². The molecule has 13 heavy (non-hydrogen) atoms. The standard InChI is InChI=1S/C10H17NO2/c1-2-12-9-10-13-8-7-11-5-3-4-6-11/h3-6H,2,7-10H2,1H3. The maximum Gasteiger partial charge on any atom is 0.0701 e. The van der Waals surface area contributed by atoms with Crippen LogP contribution < -0.4 is 0 Å². The topological polar surface area (TPSA) is 23.4 Å². The van der Waals surface area contributed by atoms with Crippen LogP contribution >= 0.6 is 0 Å². The van der Waals surface area contributed by atoms with E-state index in [1.54, 1.807) is 0 Å². The molecule has 0 atom stereocenters. The summed E-state index contributed by atoms with van der Waals surface area (Å²) in [4.78, 5) is 0. The highest BCUT2D eigenvalue weighted by Gasteiger charge is 1.89. The van der Waals surface area contributed by atoms with Gasteiger partial charge in [-0.15, -0.1) is 0 Å². The molecular weight excluding hydrogens is 166 g/mol. The fourth-order valence-electron chi connectivity index (χ4n) is 1.05. The van der Waals surface area contributed by atoms with Crippen molar-refractivity contribution in [3.63, 3.8) is 0 Å². The molecule has 0 aliphatic rings. The molecule has 0 saturated carbocycles. The molecule has 0 aliphatic carbocycles. The summed E-state index contributed by atoms with van der Waals surface area (Å²) in [6.07, 6.45) is 4.07. The molecule has 0 bridgehead atoms. The van der Waals surface area contributed by atoms with Gasteiger partial charge in [0.1, 0.15) is 0 Å². The van der Waals surface area contributed by atoms with E-state index in [-0.39, 0.29) is 0 Å². The van der Waals surface area contributed by atoms with E-state index < -0.39 is 0 Å². The maximum atomic E-state index is 5.36. The molecule has 0 amide bonds. The average Bonchev–Trinajstić information content (AvgIpc) is 2.63. The first kappa shape index (κ1) is 10.3. The second-order valence-electron chi connectivity index (χ2n) is 2.73. The lowest BCUT2D eigenvalue weighted by molar-refractivity contribution is 0.0497. The highest BCUT2D eigenvalue weighted by molar-refractivity contribution is 4.89. The van der Waals surface area contributed by atoms with Crippen molar-refractivity contribution in [3.8, 4) is 0 Å². The molecule has 0 fully saturated rings. The van der Waals surface area contributed by atoms with E-state index in [0.29, 0.717) is 13.2 Å². The molecule has 74 valence electrons. The molecule has 3 nitrogen and oxygen atoms in total. The van der Waals surface area contributed by atoms with Crippen LogP contribution in [0, 0.1) is 0 Å². The highest BCUT2D eigenvalue weighted by Crippen LogP contribution is 1.89. The Morgan fingerprint density at radius 2 is 1.69 bits per heavy atom. The van der Waals surface area contributed by atoms with Crippen molar-refractivity contribution in [1.29, 1.82) is 0 Å². The minimum absolute atomic E-state index is 0.690. The van der Waals surface area contributed by atoms with E-state index in [0.717, 1.165) is 19.8 Å². The van der Waals surface area contributed by atoms with E-state index in [9.17, 15) is 0 Å². The SMILES string of the molecule is CCOCCOCCn1cccc1. The van der Waals surface area contributed by atoms with Crippen molar-refractivity contribution in [2.45, 2.75) is 13.5 Å². The van der Waals surface area contributed by atoms with E-state index in [4.69, 9.17) is 9.47 Å². The maximum absolute atomic E-state index is 5.36. The summed E-state index contributed by atoms with van der Waals surface area (Å²) >= 11 is 0. The Balaban J connectivity index is 1.90. The van der Waals surface area contributed by atoms with Gasteiger partial charge in [-0.1, -0.05) is 0 Å². The monoisotopic (exact) mass is 183 g/mol. The number of hydrogen-bond acceptors (Lipinski definition) is 2. The van der Waals surface area contributed by atoms with Gasteiger partial charge >= 0.3 is 0 Å². The molecule has 0 unspecified atom stereocenters. The van der Waals surface area contributed by atoms with Crippen LogP contribution in [0.1, 0.15) is 6.92 Å². The Bertz CT molecular complexity index is 197. The Labute approximate surface area is 79.3 Å². The summed E-state index contributed by atoms with van der Waals surface area (Å²) in [7, 11) is 0. The van der Waals surface area contributed by atoms with Gasteiger partial charge in [0.25, 0.3) is 0 Å².